The number of nitrogens with zero attached hydrogens (tertiary/aromatic N) is 1. The Labute approximate surface area is 56.9 Å². The lowest BCUT2D eigenvalue weighted by Gasteiger charge is -1.87. The van der Waals surface area contributed by atoms with E-state index in [1.165, 1.54) is 18.5 Å². The highest BCUT2D eigenvalue weighted by Crippen LogP contribution is 2.16. The summed E-state index contributed by atoms with van der Waals surface area (Å²) in [6.45, 7) is 0. The van der Waals surface area contributed by atoms with E-state index >= 15 is 0 Å². The number of hydrogen-bond donors (Lipinski definition) is 1. The molecule has 1 N–H and O–H groups in total. The molecule has 0 unspecified atom stereocenters. The molecule has 2 rings (SSSR count). The van der Waals surface area contributed by atoms with Crippen molar-refractivity contribution >= 4 is 11.1 Å². The molecule has 0 spiro atoms. The number of pyridine rings is 1. The Hall–Kier alpha value is -1.51. The second-order valence-electron chi connectivity index (χ2n) is 2.00. The fourth-order valence-corrected chi connectivity index (χ4v) is 0.836. The number of fused-ring (bicyclic) bond motifs is 1. The summed E-state index contributed by atoms with van der Waals surface area (Å²) in [5, 5.41) is 8.93. The van der Waals surface area contributed by atoms with Crippen LogP contribution in [0.2, 0.25) is 0 Å². The van der Waals surface area contributed by atoms with Gasteiger partial charge in [0.1, 0.15) is 11.3 Å². The summed E-state index contributed by atoms with van der Waals surface area (Å²) in [5.74, 6) is 0.127. The lowest BCUT2D eigenvalue weighted by Crippen LogP contribution is -1.70. The topological polar surface area (TPSA) is 46.3 Å². The first kappa shape index (κ1) is 5.29. The van der Waals surface area contributed by atoms with Gasteiger partial charge in [0.05, 0.1) is 12.5 Å². The lowest BCUT2D eigenvalue weighted by atomic mass is 10.4. The standard InChI is InChI=1S/C7H5NO2/c9-5-3-7-6(8-4-5)1-2-10-7/h1-4,9H. The molecule has 0 aliphatic heterocycles. The molecule has 0 fully saturated rings. The minimum atomic E-state index is 0.127. The molecule has 0 radical (unpaired) electrons. The molecular weight excluding hydrogens is 130 g/mol. The van der Waals surface area contributed by atoms with Gasteiger partial charge >= 0.3 is 0 Å². The number of rotatable bonds is 0. The maximum absolute atomic E-state index is 8.93. The van der Waals surface area contributed by atoms with Crippen molar-refractivity contribution in [3.05, 3.63) is 24.6 Å². The van der Waals surface area contributed by atoms with Gasteiger partial charge in [-0.1, -0.05) is 0 Å². The van der Waals surface area contributed by atoms with Gasteiger partial charge in [-0.2, -0.15) is 0 Å². The second kappa shape index (κ2) is 1.73. The van der Waals surface area contributed by atoms with Gasteiger partial charge in [-0.3, -0.25) is 0 Å². The zero-order chi connectivity index (χ0) is 6.97. The van der Waals surface area contributed by atoms with E-state index in [9.17, 15) is 0 Å². The zero-order valence-corrected chi connectivity index (χ0v) is 5.11. The van der Waals surface area contributed by atoms with Gasteiger partial charge < -0.3 is 9.52 Å². The highest BCUT2D eigenvalue weighted by molar-refractivity contribution is 5.73. The van der Waals surface area contributed by atoms with Gasteiger partial charge in [-0.15, -0.1) is 0 Å². The van der Waals surface area contributed by atoms with E-state index < -0.39 is 0 Å². The molecule has 10 heavy (non-hydrogen) atoms. The molecule has 0 atom stereocenters. The third-order valence-corrected chi connectivity index (χ3v) is 1.29. The highest BCUT2D eigenvalue weighted by Gasteiger charge is 1.96. The lowest BCUT2D eigenvalue weighted by molar-refractivity contribution is 0.472. The average Bonchev–Trinajstić information content (AvgIpc) is 2.33. The molecule has 0 bridgehead atoms. The molecule has 50 valence electrons. The Kier molecular flexibility index (Phi) is 0.917. The average molecular weight is 135 g/mol. The Bertz CT molecular complexity index is 353. The molecule has 3 nitrogen and oxygen atoms in total. The van der Waals surface area contributed by atoms with Crippen molar-refractivity contribution in [2.45, 2.75) is 0 Å². The van der Waals surface area contributed by atoms with Crippen molar-refractivity contribution < 1.29 is 9.52 Å². The van der Waals surface area contributed by atoms with E-state index in [1.54, 1.807) is 6.07 Å². The fraction of sp³-hybridized carbons (Fsp3) is 0. The molecule has 2 heterocycles. The number of aromatic nitrogens is 1. The van der Waals surface area contributed by atoms with E-state index in [-0.39, 0.29) is 5.75 Å². The number of aromatic hydroxyl groups is 1. The van der Waals surface area contributed by atoms with Crippen LogP contribution in [-0.2, 0) is 0 Å². The van der Waals surface area contributed by atoms with E-state index in [2.05, 4.69) is 4.98 Å². The summed E-state index contributed by atoms with van der Waals surface area (Å²) in [6, 6.07) is 3.27. The van der Waals surface area contributed by atoms with Crippen LogP contribution in [0.15, 0.2) is 29.0 Å². The van der Waals surface area contributed by atoms with E-state index in [1.807, 2.05) is 0 Å². The van der Waals surface area contributed by atoms with Gasteiger partial charge in [-0.25, -0.2) is 4.98 Å². The second-order valence-corrected chi connectivity index (χ2v) is 2.00. The SMILES string of the molecule is Oc1cnc2ccoc2c1. The van der Waals surface area contributed by atoms with Gasteiger partial charge in [0.25, 0.3) is 0 Å². The van der Waals surface area contributed by atoms with Crippen LogP contribution in [0.3, 0.4) is 0 Å². The van der Waals surface area contributed by atoms with Crippen molar-refractivity contribution in [3.63, 3.8) is 0 Å². The molecule has 0 aromatic carbocycles. The van der Waals surface area contributed by atoms with Crippen molar-refractivity contribution in [2.75, 3.05) is 0 Å². The van der Waals surface area contributed by atoms with Crippen molar-refractivity contribution in [3.8, 4) is 5.75 Å². The van der Waals surface area contributed by atoms with Crippen LogP contribution in [0.5, 0.6) is 5.75 Å². The van der Waals surface area contributed by atoms with Crippen LogP contribution in [0.25, 0.3) is 11.1 Å². The predicted octanol–water partition coefficient (Wildman–Crippen LogP) is 1.53. The smallest absolute Gasteiger partial charge is 0.155 e. The van der Waals surface area contributed by atoms with Gasteiger partial charge in [0, 0.05) is 12.1 Å². The van der Waals surface area contributed by atoms with Crippen molar-refractivity contribution in [1.29, 1.82) is 0 Å². The first-order valence-corrected chi connectivity index (χ1v) is 2.88. The monoisotopic (exact) mass is 135 g/mol. The molecule has 0 aliphatic carbocycles. The molecule has 0 saturated carbocycles. The maximum atomic E-state index is 8.93. The van der Waals surface area contributed by atoms with E-state index in [0.717, 1.165) is 5.52 Å². The Morgan fingerprint density at radius 2 is 2.40 bits per heavy atom. The Morgan fingerprint density at radius 1 is 1.50 bits per heavy atom. The summed E-state index contributed by atoms with van der Waals surface area (Å²) in [7, 11) is 0. The van der Waals surface area contributed by atoms with Crippen LogP contribution in [0, 0.1) is 0 Å². The summed E-state index contributed by atoms with van der Waals surface area (Å²) < 4.78 is 4.98. The van der Waals surface area contributed by atoms with Crippen LogP contribution in [0.1, 0.15) is 0 Å². The summed E-state index contributed by atoms with van der Waals surface area (Å²) in [4.78, 5) is 3.90. The van der Waals surface area contributed by atoms with Gasteiger partial charge in [0.15, 0.2) is 5.58 Å². The number of hydrogen-bond acceptors (Lipinski definition) is 3. The quantitative estimate of drug-likeness (QED) is 0.595. The fourth-order valence-electron chi connectivity index (χ4n) is 0.836. The first-order chi connectivity index (χ1) is 4.86. The van der Waals surface area contributed by atoms with Crippen LogP contribution < -0.4 is 0 Å². The van der Waals surface area contributed by atoms with Gasteiger partial charge in [0.2, 0.25) is 0 Å². The molecule has 3 heteroatoms. The van der Waals surface area contributed by atoms with Crippen molar-refractivity contribution in [2.24, 2.45) is 0 Å². The molecule has 2 aromatic rings. The van der Waals surface area contributed by atoms with Crippen LogP contribution in [-0.4, -0.2) is 10.1 Å². The summed E-state index contributed by atoms with van der Waals surface area (Å²) >= 11 is 0. The summed E-state index contributed by atoms with van der Waals surface area (Å²) in [6.07, 6.45) is 2.93. The normalized spacial score (nSPS) is 10.4. The minimum absolute atomic E-state index is 0.127. The highest BCUT2D eigenvalue weighted by atomic mass is 16.3. The molecule has 2 aromatic heterocycles. The largest absolute Gasteiger partial charge is 0.506 e. The molecular formula is C7H5NO2. The molecule has 0 aliphatic rings. The van der Waals surface area contributed by atoms with Crippen LogP contribution in [0.4, 0.5) is 0 Å². The van der Waals surface area contributed by atoms with Crippen molar-refractivity contribution in [1.82, 2.24) is 4.98 Å². The van der Waals surface area contributed by atoms with Crippen LogP contribution >= 0.6 is 0 Å². The van der Waals surface area contributed by atoms with Gasteiger partial charge in [-0.05, 0) is 0 Å². The summed E-state index contributed by atoms with van der Waals surface area (Å²) in [5.41, 5.74) is 1.37. The van der Waals surface area contributed by atoms with E-state index in [4.69, 9.17) is 9.52 Å². The first-order valence-electron chi connectivity index (χ1n) is 2.88. The minimum Gasteiger partial charge on any atom is -0.506 e. The molecule has 0 saturated heterocycles. The Morgan fingerprint density at radius 3 is 3.30 bits per heavy atom. The Balaban J connectivity index is 2.86. The third-order valence-electron chi connectivity index (χ3n) is 1.29. The third kappa shape index (κ3) is 0.639. The maximum Gasteiger partial charge on any atom is 0.155 e. The zero-order valence-electron chi connectivity index (χ0n) is 5.11. The predicted molar refractivity (Wildman–Crippen MR) is 35.7 cm³/mol. The van der Waals surface area contributed by atoms with E-state index in [0.29, 0.717) is 5.58 Å². The number of furan rings is 1. The molecule has 0 amide bonds.